The molecular formula is C9H15N3O2. The van der Waals surface area contributed by atoms with Gasteiger partial charge in [0.15, 0.2) is 5.76 Å². The second-order valence-electron chi connectivity index (χ2n) is 3.43. The van der Waals surface area contributed by atoms with E-state index >= 15 is 0 Å². The van der Waals surface area contributed by atoms with Crippen LogP contribution in [0.25, 0.3) is 0 Å². The highest BCUT2D eigenvalue weighted by Gasteiger charge is 2.25. The number of amides is 1. The SMILES string of the molecule is CCC(C)(N)C(=O)NCc1ccno1. The molecule has 5 nitrogen and oxygen atoms in total. The van der Waals surface area contributed by atoms with Gasteiger partial charge in [-0.15, -0.1) is 0 Å². The van der Waals surface area contributed by atoms with Gasteiger partial charge in [-0.2, -0.15) is 0 Å². The molecule has 1 heterocycles. The van der Waals surface area contributed by atoms with E-state index < -0.39 is 5.54 Å². The van der Waals surface area contributed by atoms with Crippen LogP contribution in [0.2, 0.25) is 0 Å². The molecule has 1 rings (SSSR count). The van der Waals surface area contributed by atoms with Crippen LogP contribution < -0.4 is 11.1 Å². The number of hydrogen-bond acceptors (Lipinski definition) is 4. The van der Waals surface area contributed by atoms with Gasteiger partial charge in [-0.3, -0.25) is 4.79 Å². The summed E-state index contributed by atoms with van der Waals surface area (Å²) in [5, 5.41) is 6.20. The average molecular weight is 197 g/mol. The molecule has 1 aromatic rings. The Balaban J connectivity index is 2.43. The molecule has 0 aliphatic carbocycles. The molecule has 0 radical (unpaired) electrons. The van der Waals surface area contributed by atoms with Crippen LogP contribution in [-0.2, 0) is 11.3 Å². The number of carbonyl (C=O) groups is 1. The van der Waals surface area contributed by atoms with E-state index in [0.717, 1.165) is 0 Å². The van der Waals surface area contributed by atoms with E-state index in [1.165, 1.54) is 6.20 Å². The maximum absolute atomic E-state index is 11.5. The van der Waals surface area contributed by atoms with Crippen molar-refractivity contribution in [2.24, 2.45) is 5.73 Å². The lowest BCUT2D eigenvalue weighted by Gasteiger charge is -2.20. The third-order valence-corrected chi connectivity index (χ3v) is 2.17. The first-order valence-electron chi connectivity index (χ1n) is 4.53. The van der Waals surface area contributed by atoms with Crippen LogP contribution in [0.4, 0.5) is 0 Å². The molecule has 1 amide bonds. The molecule has 0 bridgehead atoms. The number of nitrogens with zero attached hydrogens (tertiary/aromatic N) is 1. The maximum atomic E-state index is 11.5. The smallest absolute Gasteiger partial charge is 0.240 e. The normalized spacial score (nSPS) is 14.8. The molecule has 0 aliphatic rings. The van der Waals surface area contributed by atoms with E-state index in [0.29, 0.717) is 18.7 Å². The molecule has 0 aliphatic heterocycles. The average Bonchev–Trinajstić information content (AvgIpc) is 2.66. The molecule has 1 atom stereocenters. The minimum Gasteiger partial charge on any atom is -0.360 e. The van der Waals surface area contributed by atoms with Crippen molar-refractivity contribution in [2.45, 2.75) is 32.4 Å². The standard InChI is InChI=1S/C9H15N3O2/c1-3-9(2,10)8(13)11-6-7-4-5-12-14-7/h4-5H,3,6,10H2,1-2H3,(H,11,13). The maximum Gasteiger partial charge on any atom is 0.240 e. The Morgan fingerprint density at radius 1 is 1.79 bits per heavy atom. The van der Waals surface area contributed by atoms with Gasteiger partial charge in [0.1, 0.15) is 0 Å². The topological polar surface area (TPSA) is 81.2 Å². The van der Waals surface area contributed by atoms with Crippen LogP contribution in [0.5, 0.6) is 0 Å². The van der Waals surface area contributed by atoms with E-state index in [2.05, 4.69) is 10.5 Å². The monoisotopic (exact) mass is 197 g/mol. The van der Waals surface area contributed by atoms with E-state index in [4.69, 9.17) is 10.3 Å². The van der Waals surface area contributed by atoms with Crippen LogP contribution in [-0.4, -0.2) is 16.6 Å². The molecule has 0 saturated carbocycles. The van der Waals surface area contributed by atoms with Gasteiger partial charge < -0.3 is 15.6 Å². The molecule has 78 valence electrons. The van der Waals surface area contributed by atoms with Gasteiger partial charge >= 0.3 is 0 Å². The second-order valence-corrected chi connectivity index (χ2v) is 3.43. The van der Waals surface area contributed by atoms with Gasteiger partial charge in [0.25, 0.3) is 0 Å². The first-order valence-corrected chi connectivity index (χ1v) is 4.53. The number of carbonyl (C=O) groups excluding carboxylic acids is 1. The second kappa shape index (κ2) is 4.23. The Morgan fingerprint density at radius 2 is 2.50 bits per heavy atom. The molecule has 1 unspecified atom stereocenters. The third-order valence-electron chi connectivity index (χ3n) is 2.17. The van der Waals surface area contributed by atoms with E-state index in [1.54, 1.807) is 13.0 Å². The first-order chi connectivity index (χ1) is 6.56. The zero-order chi connectivity index (χ0) is 10.6. The largest absolute Gasteiger partial charge is 0.360 e. The highest BCUT2D eigenvalue weighted by molar-refractivity contribution is 5.85. The quantitative estimate of drug-likeness (QED) is 0.732. The minimum atomic E-state index is -0.819. The highest BCUT2D eigenvalue weighted by atomic mass is 16.5. The van der Waals surface area contributed by atoms with Gasteiger partial charge in [0.05, 0.1) is 18.3 Å². The molecule has 0 aromatic carbocycles. The van der Waals surface area contributed by atoms with Gasteiger partial charge in [-0.25, -0.2) is 0 Å². The Bertz CT molecular complexity index is 293. The predicted molar refractivity (Wildman–Crippen MR) is 51.2 cm³/mol. The van der Waals surface area contributed by atoms with Gasteiger partial charge in [-0.1, -0.05) is 12.1 Å². The van der Waals surface area contributed by atoms with Gasteiger partial charge in [0, 0.05) is 6.07 Å². The molecule has 3 N–H and O–H groups in total. The molecular weight excluding hydrogens is 182 g/mol. The van der Waals surface area contributed by atoms with Crippen molar-refractivity contribution in [1.29, 1.82) is 0 Å². The summed E-state index contributed by atoms with van der Waals surface area (Å²) in [4.78, 5) is 11.5. The summed E-state index contributed by atoms with van der Waals surface area (Å²) < 4.78 is 4.82. The van der Waals surface area contributed by atoms with Crippen molar-refractivity contribution in [3.8, 4) is 0 Å². The number of nitrogens with two attached hydrogens (primary N) is 1. The zero-order valence-electron chi connectivity index (χ0n) is 8.41. The Labute approximate surface area is 82.6 Å². The van der Waals surface area contributed by atoms with Crippen molar-refractivity contribution in [2.75, 3.05) is 0 Å². The van der Waals surface area contributed by atoms with Crippen LogP contribution >= 0.6 is 0 Å². The van der Waals surface area contributed by atoms with E-state index in [1.807, 2.05) is 6.92 Å². The Kier molecular flexibility index (Phi) is 3.24. The molecule has 0 saturated heterocycles. The van der Waals surface area contributed by atoms with Crippen LogP contribution in [0, 0.1) is 0 Å². The summed E-state index contributed by atoms with van der Waals surface area (Å²) in [6.45, 7) is 3.89. The number of hydrogen-bond donors (Lipinski definition) is 2. The summed E-state index contributed by atoms with van der Waals surface area (Å²) >= 11 is 0. The van der Waals surface area contributed by atoms with Crippen LogP contribution in [0.1, 0.15) is 26.0 Å². The number of rotatable bonds is 4. The fourth-order valence-electron chi connectivity index (χ4n) is 0.863. The molecule has 1 aromatic heterocycles. The van der Waals surface area contributed by atoms with Crippen LogP contribution in [0.3, 0.4) is 0 Å². The molecule has 0 fully saturated rings. The van der Waals surface area contributed by atoms with Gasteiger partial charge in [0.2, 0.25) is 5.91 Å². The summed E-state index contributed by atoms with van der Waals surface area (Å²) in [5.74, 6) is 0.432. The summed E-state index contributed by atoms with van der Waals surface area (Å²) in [6, 6.07) is 1.69. The Hall–Kier alpha value is -1.36. The molecule has 5 heteroatoms. The lowest BCUT2D eigenvalue weighted by molar-refractivity contribution is -0.126. The van der Waals surface area contributed by atoms with Crippen molar-refractivity contribution < 1.29 is 9.32 Å². The summed E-state index contributed by atoms with van der Waals surface area (Å²) in [5.41, 5.74) is 4.92. The zero-order valence-corrected chi connectivity index (χ0v) is 8.41. The number of nitrogens with one attached hydrogen (secondary N) is 1. The van der Waals surface area contributed by atoms with Gasteiger partial charge in [-0.05, 0) is 13.3 Å². The first kappa shape index (κ1) is 10.7. The van der Waals surface area contributed by atoms with E-state index in [9.17, 15) is 4.79 Å². The van der Waals surface area contributed by atoms with E-state index in [-0.39, 0.29) is 5.91 Å². The van der Waals surface area contributed by atoms with Crippen molar-refractivity contribution in [3.63, 3.8) is 0 Å². The number of aromatic nitrogens is 1. The van der Waals surface area contributed by atoms with Crippen molar-refractivity contribution in [1.82, 2.24) is 10.5 Å². The molecule has 0 spiro atoms. The van der Waals surface area contributed by atoms with Crippen molar-refractivity contribution >= 4 is 5.91 Å². The summed E-state index contributed by atoms with van der Waals surface area (Å²) in [7, 11) is 0. The predicted octanol–water partition coefficient (Wildman–Crippen LogP) is 0.418. The highest BCUT2D eigenvalue weighted by Crippen LogP contribution is 2.05. The fraction of sp³-hybridized carbons (Fsp3) is 0.556. The third kappa shape index (κ3) is 2.56. The minimum absolute atomic E-state index is 0.184. The lowest BCUT2D eigenvalue weighted by Crippen LogP contribution is -2.50. The summed E-state index contributed by atoms with van der Waals surface area (Å²) in [6.07, 6.45) is 2.12. The van der Waals surface area contributed by atoms with Crippen molar-refractivity contribution in [3.05, 3.63) is 18.0 Å². The van der Waals surface area contributed by atoms with Crippen LogP contribution in [0.15, 0.2) is 16.8 Å². The lowest BCUT2D eigenvalue weighted by atomic mass is 10.00. The Morgan fingerprint density at radius 3 is 3.00 bits per heavy atom. The molecule has 14 heavy (non-hydrogen) atoms. The fourth-order valence-corrected chi connectivity index (χ4v) is 0.863.